The summed E-state index contributed by atoms with van der Waals surface area (Å²) in [5.41, 5.74) is 5.29. The molecule has 0 aliphatic heterocycles. The van der Waals surface area contributed by atoms with Gasteiger partial charge in [0.25, 0.3) is 5.56 Å². The topological polar surface area (TPSA) is 109 Å². The standard InChI is InChI=1S/C12H17N3O3/c1-6-2-3-7(4-6)11-14-10(13)8(5-9(16)17)12(18)15-11/h6-7H,2-5H2,1H3,(H,16,17)(H3,13,14,15,18). The van der Waals surface area contributed by atoms with Crippen molar-refractivity contribution in [3.63, 3.8) is 0 Å². The van der Waals surface area contributed by atoms with Crippen LogP contribution in [0.15, 0.2) is 4.79 Å². The summed E-state index contributed by atoms with van der Waals surface area (Å²) in [4.78, 5) is 29.3. The van der Waals surface area contributed by atoms with Gasteiger partial charge in [-0.05, 0) is 25.2 Å². The zero-order valence-electron chi connectivity index (χ0n) is 10.3. The first-order valence-electron chi connectivity index (χ1n) is 6.07. The number of carbonyl (C=O) groups is 1. The molecule has 1 fully saturated rings. The van der Waals surface area contributed by atoms with Crippen LogP contribution in [0.25, 0.3) is 0 Å². The number of rotatable bonds is 3. The third kappa shape index (κ3) is 2.52. The summed E-state index contributed by atoms with van der Waals surface area (Å²) in [5, 5.41) is 8.70. The van der Waals surface area contributed by atoms with Gasteiger partial charge in [0.1, 0.15) is 11.6 Å². The number of hydrogen-bond donors (Lipinski definition) is 3. The summed E-state index contributed by atoms with van der Waals surface area (Å²) < 4.78 is 0. The fourth-order valence-corrected chi connectivity index (χ4v) is 2.50. The summed E-state index contributed by atoms with van der Waals surface area (Å²) in [7, 11) is 0. The molecular formula is C12H17N3O3. The first-order chi connectivity index (χ1) is 8.47. The summed E-state index contributed by atoms with van der Waals surface area (Å²) in [6, 6.07) is 0. The molecule has 2 atom stereocenters. The molecule has 18 heavy (non-hydrogen) atoms. The average molecular weight is 251 g/mol. The molecule has 1 saturated carbocycles. The normalized spacial score (nSPS) is 23.2. The number of nitrogens with two attached hydrogens (primary N) is 1. The summed E-state index contributed by atoms with van der Waals surface area (Å²) in [6.07, 6.45) is 2.70. The summed E-state index contributed by atoms with van der Waals surface area (Å²) >= 11 is 0. The molecule has 1 aliphatic rings. The third-order valence-electron chi connectivity index (χ3n) is 3.48. The van der Waals surface area contributed by atoms with Gasteiger partial charge >= 0.3 is 5.97 Å². The lowest BCUT2D eigenvalue weighted by Gasteiger charge is -2.10. The first-order valence-corrected chi connectivity index (χ1v) is 6.07. The van der Waals surface area contributed by atoms with Crippen LogP contribution < -0.4 is 11.3 Å². The summed E-state index contributed by atoms with van der Waals surface area (Å²) in [5.74, 6) is 0.400. The van der Waals surface area contributed by atoms with E-state index in [9.17, 15) is 9.59 Å². The van der Waals surface area contributed by atoms with E-state index in [2.05, 4.69) is 16.9 Å². The van der Waals surface area contributed by atoms with E-state index < -0.39 is 17.9 Å². The number of aromatic amines is 1. The molecule has 0 aromatic carbocycles. The van der Waals surface area contributed by atoms with Crippen LogP contribution >= 0.6 is 0 Å². The smallest absolute Gasteiger partial charge is 0.308 e. The van der Waals surface area contributed by atoms with Crippen LogP contribution in [0.2, 0.25) is 0 Å². The number of carboxylic acids is 1. The highest BCUT2D eigenvalue weighted by Gasteiger charge is 2.25. The minimum atomic E-state index is -1.09. The van der Waals surface area contributed by atoms with E-state index in [0.717, 1.165) is 19.3 Å². The Balaban J connectivity index is 2.30. The number of aromatic nitrogens is 2. The van der Waals surface area contributed by atoms with Crippen molar-refractivity contribution in [3.8, 4) is 0 Å². The SMILES string of the molecule is CC1CCC(c2nc(N)c(CC(=O)O)c(=O)[nH]2)C1. The molecule has 0 saturated heterocycles. The lowest BCUT2D eigenvalue weighted by molar-refractivity contribution is -0.136. The number of nitrogens with one attached hydrogen (secondary N) is 1. The third-order valence-corrected chi connectivity index (χ3v) is 3.48. The molecule has 0 radical (unpaired) electrons. The van der Waals surface area contributed by atoms with Crippen LogP contribution in [0.3, 0.4) is 0 Å². The van der Waals surface area contributed by atoms with Crippen LogP contribution in [0.4, 0.5) is 5.82 Å². The molecule has 1 aromatic rings. The van der Waals surface area contributed by atoms with E-state index in [1.807, 2.05) is 0 Å². The van der Waals surface area contributed by atoms with E-state index in [1.54, 1.807) is 0 Å². The van der Waals surface area contributed by atoms with Crippen LogP contribution in [-0.2, 0) is 11.2 Å². The number of hydrogen-bond acceptors (Lipinski definition) is 4. The Bertz CT molecular complexity index is 524. The van der Waals surface area contributed by atoms with Gasteiger partial charge in [-0.3, -0.25) is 9.59 Å². The number of H-pyrrole nitrogens is 1. The van der Waals surface area contributed by atoms with Crippen LogP contribution in [0.5, 0.6) is 0 Å². The number of anilines is 1. The van der Waals surface area contributed by atoms with Gasteiger partial charge < -0.3 is 15.8 Å². The maximum absolute atomic E-state index is 11.8. The first kappa shape index (κ1) is 12.6. The van der Waals surface area contributed by atoms with Gasteiger partial charge in [-0.1, -0.05) is 6.92 Å². The highest BCUT2D eigenvalue weighted by atomic mass is 16.4. The minimum Gasteiger partial charge on any atom is -0.481 e. The van der Waals surface area contributed by atoms with Gasteiger partial charge in [0.05, 0.1) is 12.0 Å². The lowest BCUT2D eigenvalue weighted by Crippen LogP contribution is -2.23. The molecule has 4 N–H and O–H groups in total. The van der Waals surface area contributed by atoms with Gasteiger partial charge in [0.15, 0.2) is 0 Å². The van der Waals surface area contributed by atoms with Crippen LogP contribution in [0.1, 0.15) is 43.5 Å². The van der Waals surface area contributed by atoms with Crippen molar-refractivity contribution in [2.75, 3.05) is 5.73 Å². The second kappa shape index (κ2) is 4.80. The molecule has 1 aromatic heterocycles. The fourth-order valence-electron chi connectivity index (χ4n) is 2.50. The minimum absolute atomic E-state index is 0.0377. The van der Waals surface area contributed by atoms with Crippen molar-refractivity contribution < 1.29 is 9.90 Å². The highest BCUT2D eigenvalue weighted by molar-refractivity contribution is 5.71. The zero-order chi connectivity index (χ0) is 13.3. The van der Waals surface area contributed by atoms with E-state index >= 15 is 0 Å². The van der Waals surface area contributed by atoms with Crippen molar-refractivity contribution in [1.29, 1.82) is 0 Å². The van der Waals surface area contributed by atoms with Crippen molar-refractivity contribution >= 4 is 11.8 Å². The van der Waals surface area contributed by atoms with Crippen molar-refractivity contribution in [3.05, 3.63) is 21.7 Å². The maximum Gasteiger partial charge on any atom is 0.308 e. The molecule has 0 bridgehead atoms. The highest BCUT2D eigenvalue weighted by Crippen LogP contribution is 2.36. The lowest BCUT2D eigenvalue weighted by atomic mass is 10.1. The zero-order valence-corrected chi connectivity index (χ0v) is 10.3. The van der Waals surface area contributed by atoms with Crippen molar-refractivity contribution in [2.45, 2.75) is 38.5 Å². The van der Waals surface area contributed by atoms with Gasteiger partial charge in [-0.25, -0.2) is 4.98 Å². The van der Waals surface area contributed by atoms with Crippen molar-refractivity contribution in [1.82, 2.24) is 9.97 Å². The largest absolute Gasteiger partial charge is 0.481 e. The van der Waals surface area contributed by atoms with E-state index in [0.29, 0.717) is 11.7 Å². The number of carboxylic acid groups (broad SMARTS) is 1. The Morgan fingerprint density at radius 2 is 2.28 bits per heavy atom. The average Bonchev–Trinajstić information content (AvgIpc) is 2.70. The van der Waals surface area contributed by atoms with E-state index in [1.165, 1.54) is 0 Å². The number of nitrogens with zero attached hydrogens (tertiary/aromatic N) is 1. The van der Waals surface area contributed by atoms with Crippen molar-refractivity contribution in [2.24, 2.45) is 5.92 Å². The Morgan fingerprint density at radius 3 is 2.78 bits per heavy atom. The fraction of sp³-hybridized carbons (Fsp3) is 0.583. The molecule has 2 unspecified atom stereocenters. The van der Waals surface area contributed by atoms with Gasteiger partial charge in [-0.15, -0.1) is 0 Å². The molecule has 1 aliphatic carbocycles. The molecule has 2 rings (SSSR count). The van der Waals surface area contributed by atoms with Crippen LogP contribution in [-0.4, -0.2) is 21.0 Å². The summed E-state index contributed by atoms with van der Waals surface area (Å²) in [6.45, 7) is 2.17. The Hall–Kier alpha value is -1.85. The monoisotopic (exact) mass is 251 g/mol. The van der Waals surface area contributed by atoms with Crippen LogP contribution in [0, 0.1) is 5.92 Å². The van der Waals surface area contributed by atoms with Gasteiger partial charge in [-0.2, -0.15) is 0 Å². The Kier molecular flexibility index (Phi) is 3.36. The van der Waals surface area contributed by atoms with E-state index in [4.69, 9.17) is 10.8 Å². The van der Waals surface area contributed by atoms with Gasteiger partial charge in [0, 0.05) is 5.92 Å². The maximum atomic E-state index is 11.8. The predicted molar refractivity (Wildman–Crippen MR) is 66.4 cm³/mol. The molecule has 98 valence electrons. The predicted octanol–water partition coefficient (Wildman–Crippen LogP) is 0.883. The second-order valence-corrected chi connectivity index (χ2v) is 5.00. The molecule has 1 heterocycles. The number of nitrogen functional groups attached to an aromatic ring is 1. The Morgan fingerprint density at radius 1 is 1.56 bits per heavy atom. The Labute approximate surface area is 104 Å². The molecule has 6 heteroatoms. The molecule has 6 nitrogen and oxygen atoms in total. The second-order valence-electron chi connectivity index (χ2n) is 5.00. The number of aliphatic carboxylic acids is 1. The van der Waals surface area contributed by atoms with E-state index in [-0.39, 0.29) is 17.3 Å². The molecular weight excluding hydrogens is 234 g/mol. The molecule has 0 spiro atoms. The quantitative estimate of drug-likeness (QED) is 0.739. The van der Waals surface area contributed by atoms with Gasteiger partial charge in [0.2, 0.25) is 0 Å². The molecule has 0 amide bonds.